The van der Waals surface area contributed by atoms with E-state index < -0.39 is 0 Å². The van der Waals surface area contributed by atoms with Gasteiger partial charge >= 0.3 is 0 Å². The Hall–Kier alpha value is -0.790. The summed E-state index contributed by atoms with van der Waals surface area (Å²) in [6, 6.07) is 4.11. The quantitative estimate of drug-likeness (QED) is 0.825. The highest BCUT2D eigenvalue weighted by atomic mass is 32.2. The lowest BCUT2D eigenvalue weighted by molar-refractivity contribution is 0.955. The molecule has 18 heavy (non-hydrogen) atoms. The minimum Gasteiger partial charge on any atom is -0.370 e. The Balaban J connectivity index is 1.94. The largest absolute Gasteiger partial charge is 0.370 e. The van der Waals surface area contributed by atoms with Crippen LogP contribution in [0.25, 0.3) is 0 Å². The Bertz CT molecular complexity index is 501. The van der Waals surface area contributed by atoms with Gasteiger partial charge in [-0.05, 0) is 30.9 Å². The molecule has 0 aliphatic rings. The zero-order valence-electron chi connectivity index (χ0n) is 10.2. The Kier molecular flexibility index (Phi) is 5.27. The second-order valence-corrected chi connectivity index (χ2v) is 6.66. The highest BCUT2D eigenvalue weighted by molar-refractivity contribution is 8.02. The molecule has 7 heteroatoms. The third kappa shape index (κ3) is 3.86. The molecule has 0 fully saturated rings. The van der Waals surface area contributed by atoms with Crippen molar-refractivity contribution in [1.29, 1.82) is 0 Å². The standard InChI is InChI=1S/C11H14N4S3/c1-3-12-9-6-8(4-5-13-9)7-17-11-15-14-10(16-2)18-11/h4-6H,3,7H2,1-2H3,(H,12,13). The van der Waals surface area contributed by atoms with Gasteiger partial charge in [0.15, 0.2) is 8.68 Å². The third-order valence-electron chi connectivity index (χ3n) is 2.11. The monoisotopic (exact) mass is 298 g/mol. The van der Waals surface area contributed by atoms with Gasteiger partial charge in [-0.1, -0.05) is 34.9 Å². The molecule has 96 valence electrons. The molecule has 0 aromatic carbocycles. The molecule has 2 rings (SSSR count). The van der Waals surface area contributed by atoms with Crippen LogP contribution in [-0.4, -0.2) is 28.0 Å². The molecule has 0 amide bonds. The second-order valence-electron chi connectivity index (χ2n) is 3.41. The maximum absolute atomic E-state index is 4.25. The summed E-state index contributed by atoms with van der Waals surface area (Å²) in [5, 5.41) is 11.4. The lowest BCUT2D eigenvalue weighted by atomic mass is 10.3. The lowest BCUT2D eigenvalue weighted by Crippen LogP contribution is -1.99. The lowest BCUT2D eigenvalue weighted by Gasteiger charge is -2.04. The smallest absolute Gasteiger partial charge is 0.175 e. The van der Waals surface area contributed by atoms with Gasteiger partial charge in [0.05, 0.1) is 0 Å². The zero-order valence-corrected chi connectivity index (χ0v) is 12.7. The molecule has 4 nitrogen and oxygen atoms in total. The minimum atomic E-state index is 0.886. The molecule has 2 heterocycles. The van der Waals surface area contributed by atoms with Gasteiger partial charge in [0.2, 0.25) is 0 Å². The summed E-state index contributed by atoms with van der Waals surface area (Å²) in [5.41, 5.74) is 1.24. The summed E-state index contributed by atoms with van der Waals surface area (Å²) in [4.78, 5) is 4.25. The van der Waals surface area contributed by atoms with Crippen molar-refractivity contribution >= 4 is 40.7 Å². The van der Waals surface area contributed by atoms with Gasteiger partial charge < -0.3 is 5.32 Å². The Morgan fingerprint density at radius 1 is 1.33 bits per heavy atom. The van der Waals surface area contributed by atoms with Gasteiger partial charge in [-0.25, -0.2) is 4.98 Å². The van der Waals surface area contributed by atoms with Crippen LogP contribution in [0.1, 0.15) is 12.5 Å². The van der Waals surface area contributed by atoms with Gasteiger partial charge in [-0.3, -0.25) is 0 Å². The predicted molar refractivity (Wildman–Crippen MR) is 79.7 cm³/mol. The van der Waals surface area contributed by atoms with Crippen molar-refractivity contribution in [2.24, 2.45) is 0 Å². The van der Waals surface area contributed by atoms with Crippen molar-refractivity contribution < 1.29 is 0 Å². The molecule has 0 unspecified atom stereocenters. The van der Waals surface area contributed by atoms with E-state index in [-0.39, 0.29) is 0 Å². The Labute approximate surface area is 119 Å². The summed E-state index contributed by atoms with van der Waals surface area (Å²) in [7, 11) is 0. The van der Waals surface area contributed by atoms with E-state index in [4.69, 9.17) is 0 Å². The maximum Gasteiger partial charge on any atom is 0.175 e. The van der Waals surface area contributed by atoms with E-state index in [2.05, 4.69) is 33.5 Å². The number of rotatable bonds is 6. The third-order valence-corrected chi connectivity index (χ3v) is 5.21. The number of hydrogen-bond donors (Lipinski definition) is 1. The highest BCUT2D eigenvalue weighted by Gasteiger charge is 2.04. The average Bonchev–Trinajstić information content (AvgIpc) is 2.85. The van der Waals surface area contributed by atoms with Gasteiger partial charge in [0, 0.05) is 18.5 Å². The summed E-state index contributed by atoms with van der Waals surface area (Å²) in [5.74, 6) is 1.82. The molecule has 0 radical (unpaired) electrons. The van der Waals surface area contributed by atoms with E-state index in [1.807, 2.05) is 18.5 Å². The molecule has 0 bridgehead atoms. The fourth-order valence-electron chi connectivity index (χ4n) is 1.32. The zero-order chi connectivity index (χ0) is 12.8. The molecule has 1 N–H and O–H groups in total. The van der Waals surface area contributed by atoms with Crippen LogP contribution in [0.15, 0.2) is 27.0 Å². The molecular formula is C11H14N4S3. The van der Waals surface area contributed by atoms with Gasteiger partial charge in [0.1, 0.15) is 5.82 Å². The van der Waals surface area contributed by atoms with Crippen molar-refractivity contribution in [2.75, 3.05) is 18.1 Å². The number of anilines is 1. The SMILES string of the molecule is CCNc1cc(CSc2nnc(SC)s2)ccn1. The molecule has 0 aliphatic heterocycles. The molecule has 0 aliphatic carbocycles. The fourth-order valence-corrected chi connectivity index (χ4v) is 3.71. The topological polar surface area (TPSA) is 50.7 Å². The minimum absolute atomic E-state index is 0.886. The number of nitrogens with zero attached hydrogens (tertiary/aromatic N) is 3. The van der Waals surface area contributed by atoms with Gasteiger partial charge in [-0.15, -0.1) is 10.2 Å². The number of pyridine rings is 1. The van der Waals surface area contributed by atoms with Gasteiger partial charge in [0.25, 0.3) is 0 Å². The first kappa shape index (κ1) is 13.6. The molecule has 0 atom stereocenters. The Morgan fingerprint density at radius 3 is 2.89 bits per heavy atom. The van der Waals surface area contributed by atoms with Crippen molar-refractivity contribution in [3.63, 3.8) is 0 Å². The number of hydrogen-bond acceptors (Lipinski definition) is 7. The van der Waals surface area contributed by atoms with E-state index in [9.17, 15) is 0 Å². The average molecular weight is 298 g/mol. The van der Waals surface area contributed by atoms with Crippen molar-refractivity contribution in [3.05, 3.63) is 23.9 Å². The molecule has 0 saturated carbocycles. The first-order chi connectivity index (χ1) is 8.81. The van der Waals surface area contributed by atoms with Crippen LogP contribution in [0.2, 0.25) is 0 Å². The van der Waals surface area contributed by atoms with Crippen LogP contribution in [0.3, 0.4) is 0 Å². The van der Waals surface area contributed by atoms with E-state index in [0.29, 0.717) is 0 Å². The normalized spacial score (nSPS) is 10.6. The highest BCUT2D eigenvalue weighted by Crippen LogP contribution is 2.29. The van der Waals surface area contributed by atoms with Crippen LogP contribution >= 0.6 is 34.9 Å². The van der Waals surface area contributed by atoms with E-state index in [1.165, 1.54) is 5.56 Å². The van der Waals surface area contributed by atoms with Gasteiger partial charge in [-0.2, -0.15) is 0 Å². The summed E-state index contributed by atoms with van der Waals surface area (Å²) in [6.07, 6.45) is 3.85. The molecule has 0 spiro atoms. The van der Waals surface area contributed by atoms with Crippen molar-refractivity contribution in [1.82, 2.24) is 15.2 Å². The van der Waals surface area contributed by atoms with Crippen LogP contribution < -0.4 is 5.32 Å². The molecular weight excluding hydrogens is 284 g/mol. The van der Waals surface area contributed by atoms with Crippen molar-refractivity contribution in [3.8, 4) is 0 Å². The molecule has 2 aromatic heterocycles. The van der Waals surface area contributed by atoms with E-state index in [1.54, 1.807) is 34.9 Å². The molecule has 0 saturated heterocycles. The summed E-state index contributed by atoms with van der Waals surface area (Å²) < 4.78 is 2.03. The number of aromatic nitrogens is 3. The maximum atomic E-state index is 4.25. The van der Waals surface area contributed by atoms with E-state index in [0.717, 1.165) is 26.8 Å². The van der Waals surface area contributed by atoms with Crippen LogP contribution in [0.4, 0.5) is 5.82 Å². The molecule has 2 aromatic rings. The number of nitrogens with one attached hydrogen (secondary N) is 1. The van der Waals surface area contributed by atoms with E-state index >= 15 is 0 Å². The van der Waals surface area contributed by atoms with Crippen LogP contribution in [-0.2, 0) is 5.75 Å². The first-order valence-corrected chi connectivity index (χ1v) is 8.53. The van der Waals surface area contributed by atoms with Crippen LogP contribution in [0.5, 0.6) is 0 Å². The first-order valence-electron chi connectivity index (χ1n) is 5.51. The predicted octanol–water partition coefficient (Wildman–Crippen LogP) is 3.38. The summed E-state index contributed by atoms with van der Waals surface area (Å²) >= 11 is 4.98. The second kappa shape index (κ2) is 6.96. The number of thioether (sulfide) groups is 2. The summed E-state index contributed by atoms with van der Waals surface area (Å²) in [6.45, 7) is 2.95. The fraction of sp³-hybridized carbons (Fsp3) is 0.364. The Morgan fingerprint density at radius 2 is 2.17 bits per heavy atom. The van der Waals surface area contributed by atoms with Crippen molar-refractivity contribution in [2.45, 2.75) is 21.4 Å². The van der Waals surface area contributed by atoms with Crippen LogP contribution in [0, 0.1) is 0 Å².